The van der Waals surface area contributed by atoms with Gasteiger partial charge in [0.05, 0.1) is 13.2 Å². The van der Waals surface area contributed by atoms with Crippen molar-refractivity contribution in [3.63, 3.8) is 0 Å². The molecule has 19 heavy (non-hydrogen) atoms. The number of nitrogens with zero attached hydrogens (tertiary/aromatic N) is 3. The predicted molar refractivity (Wildman–Crippen MR) is 74.7 cm³/mol. The van der Waals surface area contributed by atoms with Crippen molar-refractivity contribution < 1.29 is 9.53 Å². The summed E-state index contributed by atoms with van der Waals surface area (Å²) in [6.07, 6.45) is 2.74. The molecule has 2 aliphatic heterocycles. The average molecular weight is 281 g/mol. The van der Waals surface area contributed by atoms with Crippen LogP contribution in [-0.2, 0) is 9.53 Å². The first kappa shape index (κ1) is 13.0. The van der Waals surface area contributed by atoms with E-state index in [1.165, 1.54) is 0 Å². The Balaban J connectivity index is 1.46. The van der Waals surface area contributed by atoms with Crippen LogP contribution in [0.4, 0.5) is 5.13 Å². The molecule has 0 radical (unpaired) electrons. The summed E-state index contributed by atoms with van der Waals surface area (Å²) in [5, 5.41) is 3.10. The van der Waals surface area contributed by atoms with Crippen LogP contribution in [0.5, 0.6) is 0 Å². The summed E-state index contributed by atoms with van der Waals surface area (Å²) < 4.78 is 5.28. The number of piperazine rings is 1. The van der Waals surface area contributed by atoms with Crippen LogP contribution >= 0.6 is 11.3 Å². The van der Waals surface area contributed by atoms with E-state index in [1.807, 2.05) is 11.6 Å². The lowest BCUT2D eigenvalue weighted by molar-refractivity contribution is -0.124. The number of anilines is 1. The first-order valence-corrected chi connectivity index (χ1v) is 7.68. The van der Waals surface area contributed by atoms with Gasteiger partial charge in [-0.25, -0.2) is 4.98 Å². The first-order valence-electron chi connectivity index (χ1n) is 6.80. The molecule has 1 aromatic heterocycles. The third-order valence-corrected chi connectivity index (χ3v) is 4.66. The van der Waals surface area contributed by atoms with E-state index >= 15 is 0 Å². The highest BCUT2D eigenvalue weighted by atomic mass is 32.1. The van der Waals surface area contributed by atoms with E-state index in [2.05, 4.69) is 14.8 Å². The largest absolute Gasteiger partial charge is 0.381 e. The summed E-state index contributed by atoms with van der Waals surface area (Å²) in [5.74, 6) is 0.484. The van der Waals surface area contributed by atoms with Crippen molar-refractivity contribution in [1.82, 2.24) is 9.88 Å². The lowest BCUT2D eigenvalue weighted by atomic mass is 10.0. The maximum absolute atomic E-state index is 12.1. The van der Waals surface area contributed by atoms with Crippen LogP contribution in [0.15, 0.2) is 11.6 Å². The van der Waals surface area contributed by atoms with Crippen LogP contribution in [0.3, 0.4) is 0 Å². The quantitative estimate of drug-likeness (QED) is 0.819. The van der Waals surface area contributed by atoms with E-state index in [0.717, 1.165) is 44.3 Å². The monoisotopic (exact) mass is 281 g/mol. The van der Waals surface area contributed by atoms with Gasteiger partial charge in [0.2, 0.25) is 0 Å². The number of hydrogen-bond donors (Lipinski definition) is 0. The molecule has 0 bridgehead atoms. The number of ketones is 1. The predicted octanol–water partition coefficient (Wildman–Crippen LogP) is 0.871. The van der Waals surface area contributed by atoms with Gasteiger partial charge in [0, 0.05) is 50.3 Å². The first-order chi connectivity index (χ1) is 9.33. The third kappa shape index (κ3) is 3.13. The third-order valence-electron chi connectivity index (χ3n) is 3.83. The summed E-state index contributed by atoms with van der Waals surface area (Å²) in [4.78, 5) is 21.0. The van der Waals surface area contributed by atoms with Crippen LogP contribution in [-0.4, -0.2) is 61.6 Å². The molecule has 0 spiro atoms. The molecule has 3 heterocycles. The minimum absolute atomic E-state index is 0.136. The van der Waals surface area contributed by atoms with Gasteiger partial charge in [0.25, 0.3) is 0 Å². The Kier molecular flexibility index (Phi) is 4.10. The van der Waals surface area contributed by atoms with Crippen molar-refractivity contribution in [1.29, 1.82) is 0 Å². The number of carbonyl (C=O) groups is 1. The highest BCUT2D eigenvalue weighted by Crippen LogP contribution is 2.19. The second-order valence-corrected chi connectivity index (χ2v) is 5.98. The van der Waals surface area contributed by atoms with E-state index in [0.29, 0.717) is 18.9 Å². The van der Waals surface area contributed by atoms with Gasteiger partial charge in [0.15, 0.2) is 10.9 Å². The fraction of sp³-hybridized carbons (Fsp3) is 0.692. The van der Waals surface area contributed by atoms with Gasteiger partial charge in [-0.2, -0.15) is 0 Å². The molecule has 0 aromatic carbocycles. The van der Waals surface area contributed by atoms with Gasteiger partial charge >= 0.3 is 0 Å². The van der Waals surface area contributed by atoms with Gasteiger partial charge in [-0.05, 0) is 6.42 Å². The normalized spacial score (nSPS) is 24.8. The number of thiazole rings is 1. The number of Topliss-reactive ketones (excluding diaryl/α,β-unsaturated/α-hetero) is 1. The molecular weight excluding hydrogens is 262 g/mol. The SMILES string of the molecule is O=C(CN1CCN(c2nccs2)CC1)C1CCOC1. The molecule has 0 N–H and O–H groups in total. The van der Waals surface area contributed by atoms with Gasteiger partial charge in [-0.1, -0.05) is 0 Å². The number of rotatable bonds is 4. The lowest BCUT2D eigenvalue weighted by Crippen LogP contribution is -2.48. The number of aromatic nitrogens is 1. The summed E-state index contributed by atoms with van der Waals surface area (Å²) in [6, 6.07) is 0. The zero-order valence-electron chi connectivity index (χ0n) is 11.0. The Hall–Kier alpha value is -0.980. The molecule has 104 valence electrons. The second-order valence-electron chi connectivity index (χ2n) is 5.10. The fourth-order valence-corrected chi connectivity index (χ4v) is 3.30. The molecule has 0 aliphatic carbocycles. The zero-order chi connectivity index (χ0) is 13.1. The summed E-state index contributed by atoms with van der Waals surface area (Å²) in [5.41, 5.74) is 0. The molecule has 6 heteroatoms. The van der Waals surface area contributed by atoms with Gasteiger partial charge in [-0.3, -0.25) is 9.69 Å². The molecular formula is C13H19N3O2S. The molecule has 2 aliphatic rings. The van der Waals surface area contributed by atoms with Gasteiger partial charge in [-0.15, -0.1) is 11.3 Å². The molecule has 0 saturated carbocycles. The molecule has 2 fully saturated rings. The van der Waals surface area contributed by atoms with Crippen molar-refractivity contribution in [2.45, 2.75) is 6.42 Å². The molecule has 5 nitrogen and oxygen atoms in total. The maximum atomic E-state index is 12.1. The van der Waals surface area contributed by atoms with Crippen LogP contribution in [0.25, 0.3) is 0 Å². The fourth-order valence-electron chi connectivity index (χ4n) is 2.61. The smallest absolute Gasteiger partial charge is 0.185 e. The second kappa shape index (κ2) is 5.98. The van der Waals surface area contributed by atoms with Crippen molar-refractivity contribution in [2.24, 2.45) is 5.92 Å². The van der Waals surface area contributed by atoms with Crippen molar-refractivity contribution >= 4 is 22.3 Å². The Morgan fingerprint density at radius 1 is 1.42 bits per heavy atom. The molecule has 2 saturated heterocycles. The van der Waals surface area contributed by atoms with E-state index in [-0.39, 0.29) is 5.92 Å². The van der Waals surface area contributed by atoms with Crippen LogP contribution in [0.1, 0.15) is 6.42 Å². The molecule has 1 aromatic rings. The average Bonchev–Trinajstić information content (AvgIpc) is 3.13. The summed E-state index contributed by atoms with van der Waals surface area (Å²) >= 11 is 1.68. The number of ether oxygens (including phenoxy) is 1. The molecule has 3 rings (SSSR count). The number of hydrogen-bond acceptors (Lipinski definition) is 6. The molecule has 0 amide bonds. The van der Waals surface area contributed by atoms with Crippen molar-refractivity contribution in [3.05, 3.63) is 11.6 Å². The Morgan fingerprint density at radius 2 is 2.26 bits per heavy atom. The van der Waals surface area contributed by atoms with Crippen LogP contribution in [0.2, 0.25) is 0 Å². The highest BCUT2D eigenvalue weighted by Gasteiger charge is 2.26. The maximum Gasteiger partial charge on any atom is 0.185 e. The Morgan fingerprint density at radius 3 is 2.89 bits per heavy atom. The van der Waals surface area contributed by atoms with Crippen molar-refractivity contribution in [2.75, 3.05) is 50.8 Å². The zero-order valence-corrected chi connectivity index (χ0v) is 11.8. The Labute approximate surface area is 117 Å². The minimum Gasteiger partial charge on any atom is -0.381 e. The van der Waals surface area contributed by atoms with Crippen LogP contribution in [0, 0.1) is 5.92 Å². The van der Waals surface area contributed by atoms with E-state index in [4.69, 9.17) is 4.74 Å². The molecule has 1 unspecified atom stereocenters. The van der Waals surface area contributed by atoms with Crippen LogP contribution < -0.4 is 4.90 Å². The van der Waals surface area contributed by atoms with E-state index in [9.17, 15) is 4.79 Å². The van der Waals surface area contributed by atoms with Crippen molar-refractivity contribution in [3.8, 4) is 0 Å². The standard InChI is InChI=1S/C13H19N3O2S/c17-12(11-1-7-18-10-11)9-15-3-5-16(6-4-15)13-14-2-8-19-13/h2,8,11H,1,3-7,9-10H2. The van der Waals surface area contributed by atoms with E-state index in [1.54, 1.807) is 11.3 Å². The minimum atomic E-state index is 0.136. The molecule has 1 atom stereocenters. The number of carbonyl (C=O) groups excluding carboxylic acids is 1. The Bertz CT molecular complexity index is 410. The lowest BCUT2D eigenvalue weighted by Gasteiger charge is -2.34. The van der Waals surface area contributed by atoms with Gasteiger partial charge in [0.1, 0.15) is 0 Å². The summed E-state index contributed by atoms with van der Waals surface area (Å²) in [6.45, 7) is 5.76. The topological polar surface area (TPSA) is 45.7 Å². The highest BCUT2D eigenvalue weighted by molar-refractivity contribution is 7.13. The van der Waals surface area contributed by atoms with Gasteiger partial charge < -0.3 is 9.64 Å². The van der Waals surface area contributed by atoms with E-state index < -0.39 is 0 Å². The summed E-state index contributed by atoms with van der Waals surface area (Å²) in [7, 11) is 0.